The summed E-state index contributed by atoms with van der Waals surface area (Å²) in [5.41, 5.74) is 0. The molecule has 7 nitrogen and oxygen atoms in total. The Morgan fingerprint density at radius 3 is 1.80 bits per heavy atom. The lowest BCUT2D eigenvalue weighted by atomic mass is 9.99. The summed E-state index contributed by atoms with van der Waals surface area (Å²) in [6.07, 6.45) is 6.37. The zero-order valence-electron chi connectivity index (χ0n) is 15.5. The minimum atomic E-state index is -1.37. The van der Waals surface area contributed by atoms with Crippen LogP contribution in [0.15, 0.2) is 0 Å². The maximum Gasteiger partial charge on any atom is 0.186 e. The van der Waals surface area contributed by atoms with Crippen molar-refractivity contribution >= 4 is 0 Å². The molecule has 7 heteroatoms. The topological polar surface area (TPSA) is 131 Å². The van der Waals surface area contributed by atoms with E-state index in [9.17, 15) is 15.3 Å². The van der Waals surface area contributed by atoms with Crippen molar-refractivity contribution in [2.45, 2.75) is 102 Å². The van der Waals surface area contributed by atoms with E-state index >= 15 is 0 Å². The van der Waals surface area contributed by atoms with Gasteiger partial charge in [-0.2, -0.15) is 0 Å². The first kappa shape index (κ1) is 24.7. The van der Waals surface area contributed by atoms with Gasteiger partial charge in [0.25, 0.3) is 0 Å². The van der Waals surface area contributed by atoms with Gasteiger partial charge in [0.05, 0.1) is 6.61 Å². The van der Waals surface area contributed by atoms with Gasteiger partial charge in [0, 0.05) is 6.61 Å². The summed E-state index contributed by atoms with van der Waals surface area (Å²) in [7, 11) is 0. The molecule has 1 fully saturated rings. The van der Waals surface area contributed by atoms with Crippen LogP contribution in [0.4, 0.5) is 0 Å². The summed E-state index contributed by atoms with van der Waals surface area (Å²) < 4.78 is 10.8. The molecule has 1 heterocycles. The number of ether oxygens (including phenoxy) is 2. The molecule has 0 unspecified atom stereocenters. The van der Waals surface area contributed by atoms with Crippen LogP contribution in [0, 0.1) is 0 Å². The second kappa shape index (κ2) is 14.8. The molecule has 0 spiro atoms. The van der Waals surface area contributed by atoms with Crippen LogP contribution in [0.25, 0.3) is 0 Å². The Kier molecular flexibility index (Phi) is 14.7. The molecule has 1 rings (SSSR count). The van der Waals surface area contributed by atoms with Crippen LogP contribution < -0.4 is 0 Å². The van der Waals surface area contributed by atoms with Crippen molar-refractivity contribution in [1.82, 2.24) is 0 Å². The Balaban J connectivity index is 0.00000576. The highest BCUT2D eigenvalue weighted by atomic mass is 16.7. The van der Waals surface area contributed by atoms with Gasteiger partial charge in [-0.05, 0) is 6.42 Å². The molecule has 1 aliphatic heterocycles. The molecule has 0 bridgehead atoms. The average Bonchev–Trinajstić information content (AvgIpc) is 2.59. The van der Waals surface area contributed by atoms with E-state index in [1.165, 1.54) is 51.4 Å². The van der Waals surface area contributed by atoms with Gasteiger partial charge in [0.2, 0.25) is 0 Å². The fourth-order valence-electron chi connectivity index (χ4n) is 2.99. The summed E-state index contributed by atoms with van der Waals surface area (Å²) in [4.78, 5) is 0. The fraction of sp³-hybridized carbons (Fsp3) is 1.00. The lowest BCUT2D eigenvalue weighted by Gasteiger charge is -2.39. The third-order valence-corrected chi connectivity index (χ3v) is 4.63. The second-order valence-electron chi connectivity index (χ2n) is 6.75. The highest BCUT2D eigenvalue weighted by Gasteiger charge is 2.43. The van der Waals surface area contributed by atoms with Crippen LogP contribution in [-0.2, 0) is 9.47 Å². The summed E-state index contributed by atoms with van der Waals surface area (Å²) in [6, 6.07) is 0. The molecule has 6 N–H and O–H groups in total. The van der Waals surface area contributed by atoms with Gasteiger partial charge in [-0.1, -0.05) is 64.7 Å². The van der Waals surface area contributed by atoms with Gasteiger partial charge in [-0.15, -0.1) is 0 Å². The molecule has 0 aromatic heterocycles. The smallest absolute Gasteiger partial charge is 0.186 e. The lowest BCUT2D eigenvalue weighted by molar-refractivity contribution is -0.301. The van der Waals surface area contributed by atoms with Gasteiger partial charge >= 0.3 is 0 Å². The van der Waals surface area contributed by atoms with Crippen LogP contribution in [0.3, 0.4) is 0 Å². The Hall–Kier alpha value is -0.280. The summed E-state index contributed by atoms with van der Waals surface area (Å²) in [5, 5.41) is 38.3. The Bertz CT molecular complexity index is 301. The van der Waals surface area contributed by atoms with Crippen molar-refractivity contribution in [2.75, 3.05) is 13.2 Å². The number of rotatable bonds is 13. The van der Waals surface area contributed by atoms with Crippen LogP contribution in [0.5, 0.6) is 0 Å². The highest BCUT2D eigenvalue weighted by molar-refractivity contribution is 4.88. The quantitative estimate of drug-likeness (QED) is 0.358. The molecular weight excluding hydrogens is 328 g/mol. The predicted octanol–water partition coefficient (Wildman–Crippen LogP) is 0.899. The van der Waals surface area contributed by atoms with E-state index in [-0.39, 0.29) is 5.48 Å². The van der Waals surface area contributed by atoms with Gasteiger partial charge in [0.1, 0.15) is 24.4 Å². The largest absolute Gasteiger partial charge is 0.412 e. The maximum atomic E-state index is 9.84. The lowest BCUT2D eigenvalue weighted by Crippen LogP contribution is -2.59. The van der Waals surface area contributed by atoms with E-state index in [1.54, 1.807) is 0 Å². The van der Waals surface area contributed by atoms with Crippen LogP contribution in [0.2, 0.25) is 0 Å². The molecule has 0 aromatic rings. The molecule has 152 valence electrons. The molecular formula is C18H38O7. The predicted molar refractivity (Wildman–Crippen MR) is 95.2 cm³/mol. The van der Waals surface area contributed by atoms with E-state index in [4.69, 9.17) is 14.6 Å². The van der Waals surface area contributed by atoms with Gasteiger partial charge in [-0.25, -0.2) is 0 Å². The first-order valence-electron chi connectivity index (χ1n) is 9.54. The third-order valence-electron chi connectivity index (χ3n) is 4.63. The summed E-state index contributed by atoms with van der Waals surface area (Å²) >= 11 is 0. The molecule has 25 heavy (non-hydrogen) atoms. The number of hydrogen-bond acceptors (Lipinski definition) is 6. The molecule has 0 amide bonds. The average molecular weight is 366 g/mol. The number of aliphatic hydroxyl groups is 4. The van der Waals surface area contributed by atoms with E-state index in [0.29, 0.717) is 6.61 Å². The standard InChI is InChI=1S/C18H36O6.H2O/c1-2-3-4-5-6-7-8-9-10-11-12-23-18-17(22)16(21)15(20)14(13-19)24-18;/h14-22H,2-13H2,1H3;1H2/t14-,15-,16+,17-,18-;/m1./s1. The minimum Gasteiger partial charge on any atom is -0.412 e. The van der Waals surface area contributed by atoms with Crippen molar-refractivity contribution in [3.05, 3.63) is 0 Å². The van der Waals surface area contributed by atoms with E-state index < -0.39 is 37.3 Å². The number of aliphatic hydroxyl groups excluding tert-OH is 4. The van der Waals surface area contributed by atoms with Crippen molar-refractivity contribution in [2.24, 2.45) is 0 Å². The van der Waals surface area contributed by atoms with E-state index in [1.807, 2.05) is 0 Å². The molecule has 1 saturated heterocycles. The summed E-state index contributed by atoms with van der Waals surface area (Å²) in [5.74, 6) is 0. The van der Waals surface area contributed by atoms with Crippen molar-refractivity contribution in [3.8, 4) is 0 Å². The third kappa shape index (κ3) is 9.28. The molecule has 0 aromatic carbocycles. The van der Waals surface area contributed by atoms with E-state index in [0.717, 1.165) is 12.8 Å². The zero-order chi connectivity index (χ0) is 17.8. The number of hydrogen-bond donors (Lipinski definition) is 4. The van der Waals surface area contributed by atoms with Crippen molar-refractivity contribution in [3.63, 3.8) is 0 Å². The Morgan fingerprint density at radius 2 is 1.28 bits per heavy atom. The molecule has 0 aliphatic carbocycles. The van der Waals surface area contributed by atoms with Crippen molar-refractivity contribution in [1.29, 1.82) is 0 Å². The molecule has 0 radical (unpaired) electrons. The second-order valence-corrected chi connectivity index (χ2v) is 6.75. The first-order chi connectivity index (χ1) is 11.6. The van der Waals surface area contributed by atoms with Crippen LogP contribution >= 0.6 is 0 Å². The minimum absolute atomic E-state index is 0. The molecule has 1 aliphatic rings. The number of unbranched alkanes of at least 4 members (excludes halogenated alkanes) is 9. The monoisotopic (exact) mass is 366 g/mol. The molecule has 0 saturated carbocycles. The van der Waals surface area contributed by atoms with E-state index in [2.05, 4.69) is 6.92 Å². The maximum absolute atomic E-state index is 9.84. The Labute approximate surface area is 151 Å². The van der Waals surface area contributed by atoms with Crippen molar-refractivity contribution < 1.29 is 35.4 Å². The SMILES string of the molecule is CCCCCCCCCCCCO[C@@H]1O[C@H](CO)[C@@H](O)[C@H](O)[C@H]1O.O. The fourth-order valence-corrected chi connectivity index (χ4v) is 2.99. The highest BCUT2D eigenvalue weighted by Crippen LogP contribution is 2.22. The normalized spacial score (nSPS) is 29.4. The van der Waals surface area contributed by atoms with Crippen LogP contribution in [-0.4, -0.2) is 69.8 Å². The molecule has 5 atom stereocenters. The zero-order valence-corrected chi connectivity index (χ0v) is 15.5. The summed E-state index contributed by atoms with van der Waals surface area (Å²) in [6.45, 7) is 2.23. The van der Waals surface area contributed by atoms with Crippen LogP contribution in [0.1, 0.15) is 71.1 Å². The van der Waals surface area contributed by atoms with Gasteiger partial charge in [0.15, 0.2) is 6.29 Å². The van der Waals surface area contributed by atoms with Gasteiger partial charge < -0.3 is 35.4 Å². The van der Waals surface area contributed by atoms with Gasteiger partial charge in [-0.3, -0.25) is 0 Å². The Morgan fingerprint density at radius 1 is 0.760 bits per heavy atom. The first-order valence-corrected chi connectivity index (χ1v) is 9.54.